The van der Waals surface area contributed by atoms with Crippen molar-refractivity contribution in [2.24, 2.45) is 0 Å². The van der Waals surface area contributed by atoms with Crippen molar-refractivity contribution in [3.05, 3.63) is 0 Å². The minimum absolute atomic E-state index is 0.00389. The molecule has 0 amide bonds. The van der Waals surface area contributed by atoms with Gasteiger partial charge >= 0.3 is 12.1 Å². The summed E-state index contributed by atoms with van der Waals surface area (Å²) in [6.45, 7) is 3.17. The number of halogens is 3. The molecule has 0 aliphatic rings. The van der Waals surface area contributed by atoms with Crippen LogP contribution in [0.5, 0.6) is 0 Å². The summed E-state index contributed by atoms with van der Waals surface area (Å²) in [4.78, 5) is 12.2. The lowest BCUT2D eigenvalue weighted by atomic mass is 10.3. The van der Waals surface area contributed by atoms with E-state index in [4.69, 9.17) is 0 Å². The fraction of sp³-hybridized carbons (Fsp3) is 0.900. The highest BCUT2D eigenvalue weighted by atomic mass is 19.4. The third-order valence-corrected chi connectivity index (χ3v) is 1.88. The minimum Gasteiger partial charge on any atom is -0.466 e. The Morgan fingerprint density at radius 2 is 1.88 bits per heavy atom. The first kappa shape index (κ1) is 15.2. The molecule has 0 aliphatic heterocycles. The van der Waals surface area contributed by atoms with E-state index < -0.39 is 18.7 Å². The van der Waals surface area contributed by atoms with Gasteiger partial charge in [0.25, 0.3) is 0 Å². The molecule has 0 fully saturated rings. The maximum Gasteiger partial charge on any atom is 0.401 e. The summed E-state index contributed by atoms with van der Waals surface area (Å²) >= 11 is 0. The summed E-state index contributed by atoms with van der Waals surface area (Å²) in [5.41, 5.74) is 0. The smallest absolute Gasteiger partial charge is 0.401 e. The Kier molecular flexibility index (Phi) is 7.12. The summed E-state index contributed by atoms with van der Waals surface area (Å²) in [5, 5.41) is 0. The van der Waals surface area contributed by atoms with E-state index in [1.165, 1.54) is 4.90 Å². The Morgan fingerprint density at radius 3 is 2.31 bits per heavy atom. The zero-order chi connectivity index (χ0) is 12.6. The lowest BCUT2D eigenvalue weighted by Crippen LogP contribution is -2.36. The Morgan fingerprint density at radius 1 is 1.25 bits per heavy atom. The molecule has 0 bridgehead atoms. The molecule has 3 nitrogen and oxygen atoms in total. The molecule has 0 heterocycles. The highest BCUT2D eigenvalue weighted by Gasteiger charge is 2.30. The molecule has 0 aliphatic carbocycles. The van der Waals surface area contributed by atoms with Gasteiger partial charge in [0.1, 0.15) is 0 Å². The van der Waals surface area contributed by atoms with Crippen molar-refractivity contribution in [2.45, 2.75) is 32.9 Å². The van der Waals surface area contributed by atoms with Crippen LogP contribution in [-0.2, 0) is 9.53 Å². The van der Waals surface area contributed by atoms with E-state index in [-0.39, 0.29) is 19.6 Å². The standard InChI is InChI=1S/C10H18F3NO2/c1-3-6-14(8-10(11,12)13)7-5-9(15)16-4-2/h3-8H2,1-2H3. The van der Waals surface area contributed by atoms with E-state index >= 15 is 0 Å². The predicted octanol–water partition coefficient (Wildman–Crippen LogP) is 2.21. The molecule has 16 heavy (non-hydrogen) atoms. The minimum atomic E-state index is -4.22. The first-order valence-electron chi connectivity index (χ1n) is 5.33. The van der Waals surface area contributed by atoms with Crippen molar-refractivity contribution in [2.75, 3.05) is 26.2 Å². The van der Waals surface area contributed by atoms with Crippen molar-refractivity contribution in [1.29, 1.82) is 0 Å². The monoisotopic (exact) mass is 241 g/mol. The van der Waals surface area contributed by atoms with Crippen molar-refractivity contribution < 1.29 is 22.7 Å². The largest absolute Gasteiger partial charge is 0.466 e. The number of hydrogen-bond acceptors (Lipinski definition) is 3. The average molecular weight is 241 g/mol. The van der Waals surface area contributed by atoms with Crippen LogP contribution in [0.3, 0.4) is 0 Å². The fourth-order valence-electron chi connectivity index (χ4n) is 1.32. The first-order chi connectivity index (χ1) is 7.39. The first-order valence-corrected chi connectivity index (χ1v) is 5.33. The number of alkyl halides is 3. The van der Waals surface area contributed by atoms with Crippen LogP contribution < -0.4 is 0 Å². The molecular weight excluding hydrogens is 223 g/mol. The number of ether oxygens (including phenoxy) is 1. The summed E-state index contributed by atoms with van der Waals surface area (Å²) in [6, 6.07) is 0. The molecule has 0 radical (unpaired) electrons. The van der Waals surface area contributed by atoms with Gasteiger partial charge in [0, 0.05) is 6.54 Å². The molecule has 0 aromatic rings. The van der Waals surface area contributed by atoms with E-state index in [0.717, 1.165) is 0 Å². The zero-order valence-electron chi connectivity index (χ0n) is 9.64. The van der Waals surface area contributed by atoms with Gasteiger partial charge in [-0.1, -0.05) is 6.92 Å². The summed E-state index contributed by atoms with van der Waals surface area (Å²) in [6.07, 6.45) is -3.59. The quantitative estimate of drug-likeness (QED) is 0.640. The lowest BCUT2D eigenvalue weighted by Gasteiger charge is -2.22. The van der Waals surface area contributed by atoms with Gasteiger partial charge < -0.3 is 4.74 Å². The molecule has 0 unspecified atom stereocenters. The SMILES string of the molecule is CCCN(CCC(=O)OCC)CC(F)(F)F. The molecule has 0 N–H and O–H groups in total. The molecule has 0 saturated heterocycles. The van der Waals surface area contributed by atoms with E-state index in [2.05, 4.69) is 4.74 Å². The number of carbonyl (C=O) groups is 1. The Hall–Kier alpha value is -0.780. The van der Waals surface area contributed by atoms with Gasteiger partial charge in [0.15, 0.2) is 0 Å². The normalized spacial score (nSPS) is 11.9. The van der Waals surface area contributed by atoms with Crippen molar-refractivity contribution >= 4 is 5.97 Å². The topological polar surface area (TPSA) is 29.5 Å². The van der Waals surface area contributed by atoms with Gasteiger partial charge in [-0.15, -0.1) is 0 Å². The highest BCUT2D eigenvalue weighted by Crippen LogP contribution is 2.16. The Balaban J connectivity index is 3.98. The van der Waals surface area contributed by atoms with Gasteiger partial charge in [0.05, 0.1) is 19.6 Å². The van der Waals surface area contributed by atoms with Crippen LogP contribution >= 0.6 is 0 Å². The molecule has 96 valence electrons. The Bertz CT molecular complexity index is 207. The number of nitrogens with zero attached hydrogens (tertiary/aromatic N) is 1. The number of hydrogen-bond donors (Lipinski definition) is 0. The molecule has 0 aromatic heterocycles. The van der Waals surface area contributed by atoms with Gasteiger partial charge in [-0.05, 0) is 19.9 Å². The van der Waals surface area contributed by atoms with Crippen molar-refractivity contribution in [1.82, 2.24) is 4.90 Å². The van der Waals surface area contributed by atoms with Gasteiger partial charge in [-0.2, -0.15) is 13.2 Å². The molecule has 0 rings (SSSR count). The second-order valence-electron chi connectivity index (χ2n) is 3.45. The highest BCUT2D eigenvalue weighted by molar-refractivity contribution is 5.69. The van der Waals surface area contributed by atoms with Crippen LogP contribution in [0.4, 0.5) is 13.2 Å². The van der Waals surface area contributed by atoms with E-state index in [9.17, 15) is 18.0 Å². The predicted molar refractivity (Wildman–Crippen MR) is 54.0 cm³/mol. The van der Waals surface area contributed by atoms with Crippen LogP contribution in [0.15, 0.2) is 0 Å². The molecular formula is C10H18F3NO2. The second kappa shape index (κ2) is 7.49. The molecule has 6 heteroatoms. The molecule has 0 atom stereocenters. The van der Waals surface area contributed by atoms with Crippen LogP contribution in [0.25, 0.3) is 0 Å². The van der Waals surface area contributed by atoms with Crippen LogP contribution in [0.1, 0.15) is 26.7 Å². The fourth-order valence-corrected chi connectivity index (χ4v) is 1.32. The maximum atomic E-state index is 12.1. The summed E-state index contributed by atoms with van der Waals surface area (Å²) < 4.78 is 41.1. The van der Waals surface area contributed by atoms with Crippen molar-refractivity contribution in [3.63, 3.8) is 0 Å². The zero-order valence-corrected chi connectivity index (χ0v) is 9.64. The summed E-state index contributed by atoms with van der Waals surface area (Å²) in [5.74, 6) is -0.453. The maximum absolute atomic E-state index is 12.1. The number of carbonyl (C=O) groups excluding carboxylic acids is 1. The molecule has 0 saturated carbocycles. The summed E-state index contributed by atoms with van der Waals surface area (Å²) in [7, 11) is 0. The number of rotatable bonds is 7. The van der Waals surface area contributed by atoms with Crippen LogP contribution in [0.2, 0.25) is 0 Å². The third-order valence-electron chi connectivity index (χ3n) is 1.88. The van der Waals surface area contributed by atoms with Crippen molar-refractivity contribution in [3.8, 4) is 0 Å². The Labute approximate surface area is 93.6 Å². The van der Waals surface area contributed by atoms with Gasteiger partial charge in [-0.3, -0.25) is 9.69 Å². The van der Waals surface area contributed by atoms with Crippen LogP contribution in [0, 0.1) is 0 Å². The third kappa shape index (κ3) is 8.52. The average Bonchev–Trinajstić information content (AvgIpc) is 2.13. The molecule has 0 aromatic carbocycles. The van der Waals surface area contributed by atoms with E-state index in [1.54, 1.807) is 13.8 Å². The van der Waals surface area contributed by atoms with E-state index in [0.29, 0.717) is 13.0 Å². The number of esters is 1. The van der Waals surface area contributed by atoms with E-state index in [1.807, 2.05) is 0 Å². The van der Waals surface area contributed by atoms with Gasteiger partial charge in [-0.25, -0.2) is 0 Å². The van der Waals surface area contributed by atoms with Gasteiger partial charge in [0.2, 0.25) is 0 Å². The molecule has 0 spiro atoms. The van der Waals surface area contributed by atoms with Crippen LogP contribution in [-0.4, -0.2) is 43.3 Å². The lowest BCUT2D eigenvalue weighted by molar-refractivity contribution is -0.151. The second-order valence-corrected chi connectivity index (χ2v) is 3.45.